The Bertz CT molecular complexity index is 999. The van der Waals surface area contributed by atoms with E-state index in [1.165, 1.54) is 0 Å². The van der Waals surface area contributed by atoms with Crippen LogP contribution in [-0.2, 0) is 11.2 Å². The number of carbonyl (C=O) groups excluding carboxylic acids is 1. The molecule has 2 heterocycles. The third-order valence-corrected chi connectivity index (χ3v) is 6.34. The number of alkyl halides is 2. The summed E-state index contributed by atoms with van der Waals surface area (Å²) in [5.41, 5.74) is 1.74. The van der Waals surface area contributed by atoms with Gasteiger partial charge in [-0.15, -0.1) is 0 Å². The predicted octanol–water partition coefficient (Wildman–Crippen LogP) is 5.12. The first kappa shape index (κ1) is 24.4. The molecule has 34 heavy (non-hydrogen) atoms. The normalized spacial score (nSPS) is 26.1. The summed E-state index contributed by atoms with van der Waals surface area (Å²) in [6.07, 6.45) is 9.52. The lowest BCUT2D eigenvalue weighted by molar-refractivity contribution is 0.0915. The molecule has 4 atom stereocenters. The number of fused-ring (bicyclic) bond motifs is 1. The summed E-state index contributed by atoms with van der Waals surface area (Å²) < 4.78 is 32.9. The average molecular weight is 473 g/mol. The van der Waals surface area contributed by atoms with Crippen molar-refractivity contribution >= 4 is 18.0 Å². The van der Waals surface area contributed by atoms with Crippen LogP contribution in [0.15, 0.2) is 30.4 Å². The summed E-state index contributed by atoms with van der Waals surface area (Å²) in [4.78, 5) is 24.0. The van der Waals surface area contributed by atoms with Crippen LogP contribution >= 0.6 is 0 Å². The topological polar surface area (TPSA) is 67.4 Å². The molecule has 4 rings (SSSR count). The van der Waals surface area contributed by atoms with Gasteiger partial charge in [-0.1, -0.05) is 64.2 Å². The van der Waals surface area contributed by atoms with E-state index in [-0.39, 0.29) is 11.5 Å². The molecule has 0 saturated carbocycles. The molecule has 1 aliphatic heterocycles. The van der Waals surface area contributed by atoms with Gasteiger partial charge in [0.1, 0.15) is 11.6 Å². The number of nitrogens with zero attached hydrogens (tertiary/aromatic N) is 3. The lowest BCUT2D eigenvalue weighted by Crippen LogP contribution is -2.38. The van der Waals surface area contributed by atoms with E-state index in [2.05, 4.69) is 23.2 Å². The Morgan fingerprint density at radius 3 is 2.74 bits per heavy atom. The van der Waals surface area contributed by atoms with E-state index in [0.717, 1.165) is 29.9 Å². The number of alkyl carbamates (subject to hydrolysis) is 1. The van der Waals surface area contributed by atoms with Crippen LogP contribution in [0.25, 0.3) is 6.08 Å². The van der Waals surface area contributed by atoms with Crippen molar-refractivity contribution in [2.45, 2.75) is 58.9 Å². The maximum absolute atomic E-state index is 13.8. The summed E-state index contributed by atoms with van der Waals surface area (Å²) in [5.74, 6) is -0.00630. The van der Waals surface area contributed by atoms with Gasteiger partial charge in [-0.05, 0) is 24.2 Å². The van der Waals surface area contributed by atoms with E-state index in [9.17, 15) is 13.6 Å². The van der Waals surface area contributed by atoms with E-state index in [0.29, 0.717) is 31.4 Å². The van der Waals surface area contributed by atoms with E-state index in [4.69, 9.17) is 14.7 Å². The number of ether oxygens (including phenoxy) is 1. The van der Waals surface area contributed by atoms with Crippen molar-refractivity contribution in [2.75, 3.05) is 24.6 Å². The molecule has 3 unspecified atom stereocenters. The lowest BCUT2D eigenvalue weighted by Gasteiger charge is -2.28. The molecule has 0 spiro atoms. The Morgan fingerprint density at radius 2 is 2.00 bits per heavy atom. The van der Waals surface area contributed by atoms with Gasteiger partial charge in [0.05, 0.1) is 24.3 Å². The fourth-order valence-electron chi connectivity index (χ4n) is 4.56. The molecule has 0 aromatic carbocycles. The van der Waals surface area contributed by atoms with Crippen molar-refractivity contribution in [3.05, 3.63) is 47.5 Å². The number of halogens is 2. The van der Waals surface area contributed by atoms with Gasteiger partial charge in [-0.3, -0.25) is 0 Å². The Labute approximate surface area is 200 Å². The molecule has 3 aliphatic rings. The van der Waals surface area contributed by atoms with Gasteiger partial charge < -0.3 is 15.0 Å². The molecule has 1 fully saturated rings. The molecule has 6 nitrogen and oxygen atoms in total. The van der Waals surface area contributed by atoms with Crippen molar-refractivity contribution in [3.8, 4) is 0 Å². The minimum absolute atomic E-state index is 0.0700. The molecule has 2 aliphatic carbocycles. The maximum atomic E-state index is 13.8. The monoisotopic (exact) mass is 472 g/mol. The number of allylic oxidation sites excluding steroid dienone is 5. The first-order valence-electron chi connectivity index (χ1n) is 12.0. The van der Waals surface area contributed by atoms with Crippen LogP contribution in [0.5, 0.6) is 0 Å². The zero-order chi connectivity index (χ0) is 24.5. The van der Waals surface area contributed by atoms with E-state index in [1.807, 2.05) is 26.8 Å². The van der Waals surface area contributed by atoms with Gasteiger partial charge in [0, 0.05) is 24.6 Å². The van der Waals surface area contributed by atoms with Crippen LogP contribution in [0.4, 0.5) is 19.4 Å². The number of carbonyl (C=O) groups is 1. The standard InChI is InChI=1S/C26H34F2N4O2/c1-16-9-10-20-21(13-16)30-23(19-8-6-5-7-18(19)22(27)28)31-24(20)32-12-11-17(14-32)29-25(33)34-15-26(2,3)4/h5-10,16-19,22H,11-15H2,1-4H3,(H,29,33)/t16?,17-,18?,19?/m1/s1. The number of amides is 1. The molecule has 1 aromatic heterocycles. The van der Waals surface area contributed by atoms with E-state index in [1.54, 1.807) is 24.3 Å². The molecular weight excluding hydrogens is 438 g/mol. The molecule has 1 aromatic rings. The van der Waals surface area contributed by atoms with Crippen LogP contribution < -0.4 is 10.2 Å². The largest absolute Gasteiger partial charge is 0.449 e. The molecular formula is C26H34F2N4O2. The lowest BCUT2D eigenvalue weighted by atomic mass is 9.87. The molecule has 184 valence electrons. The SMILES string of the molecule is CC1C=Cc2c(nc(C3C=CC=CC3C(F)F)nc2N2CC[C@@H](NC(=O)OCC(C)(C)C)C2)C1. The molecule has 0 bridgehead atoms. The molecule has 1 N–H and O–H groups in total. The highest BCUT2D eigenvalue weighted by Gasteiger charge is 2.34. The summed E-state index contributed by atoms with van der Waals surface area (Å²) in [7, 11) is 0. The Hall–Kier alpha value is -2.77. The third kappa shape index (κ3) is 5.65. The number of rotatable bonds is 5. The first-order valence-corrected chi connectivity index (χ1v) is 12.0. The van der Waals surface area contributed by atoms with Gasteiger partial charge >= 0.3 is 6.09 Å². The zero-order valence-electron chi connectivity index (χ0n) is 20.3. The number of aromatic nitrogens is 2. The molecule has 8 heteroatoms. The Balaban J connectivity index is 1.56. The summed E-state index contributed by atoms with van der Waals surface area (Å²) in [5, 5.41) is 2.95. The second-order valence-corrected chi connectivity index (χ2v) is 10.7. The summed E-state index contributed by atoms with van der Waals surface area (Å²) in [6, 6.07) is -0.0700. The van der Waals surface area contributed by atoms with Crippen LogP contribution in [0, 0.1) is 17.3 Å². The quantitative estimate of drug-likeness (QED) is 0.644. The molecule has 0 radical (unpaired) electrons. The van der Waals surface area contributed by atoms with Crippen molar-refractivity contribution < 1.29 is 18.3 Å². The van der Waals surface area contributed by atoms with E-state index < -0.39 is 24.4 Å². The fourth-order valence-corrected chi connectivity index (χ4v) is 4.56. The Kier molecular flexibility index (Phi) is 7.05. The summed E-state index contributed by atoms with van der Waals surface area (Å²) in [6.45, 7) is 9.78. The molecule has 1 saturated heterocycles. The van der Waals surface area contributed by atoms with Crippen molar-refractivity contribution in [1.82, 2.24) is 15.3 Å². The van der Waals surface area contributed by atoms with Gasteiger partial charge in [-0.25, -0.2) is 23.5 Å². The zero-order valence-corrected chi connectivity index (χ0v) is 20.3. The highest BCUT2D eigenvalue weighted by Crippen LogP contribution is 2.37. The third-order valence-electron chi connectivity index (χ3n) is 6.34. The van der Waals surface area contributed by atoms with E-state index >= 15 is 0 Å². The predicted molar refractivity (Wildman–Crippen MR) is 129 cm³/mol. The van der Waals surface area contributed by atoms with Crippen LogP contribution in [-0.4, -0.2) is 48.2 Å². The van der Waals surface area contributed by atoms with Crippen molar-refractivity contribution in [1.29, 1.82) is 0 Å². The number of anilines is 1. The van der Waals surface area contributed by atoms with Gasteiger partial charge in [-0.2, -0.15) is 0 Å². The van der Waals surface area contributed by atoms with Crippen molar-refractivity contribution in [3.63, 3.8) is 0 Å². The molecule has 1 amide bonds. The van der Waals surface area contributed by atoms with Crippen molar-refractivity contribution in [2.24, 2.45) is 17.3 Å². The maximum Gasteiger partial charge on any atom is 0.407 e. The Morgan fingerprint density at radius 1 is 1.24 bits per heavy atom. The highest BCUT2D eigenvalue weighted by atomic mass is 19.3. The second-order valence-electron chi connectivity index (χ2n) is 10.7. The first-order chi connectivity index (χ1) is 16.1. The number of hydrogen-bond donors (Lipinski definition) is 1. The van der Waals surface area contributed by atoms with Gasteiger partial charge in [0.2, 0.25) is 6.43 Å². The minimum Gasteiger partial charge on any atom is -0.449 e. The van der Waals surface area contributed by atoms with Crippen LogP contribution in [0.2, 0.25) is 0 Å². The summed E-state index contributed by atoms with van der Waals surface area (Å²) >= 11 is 0. The highest BCUT2D eigenvalue weighted by molar-refractivity contribution is 5.70. The second kappa shape index (κ2) is 9.84. The number of hydrogen-bond acceptors (Lipinski definition) is 5. The van der Waals surface area contributed by atoms with Gasteiger partial charge in [0.25, 0.3) is 0 Å². The van der Waals surface area contributed by atoms with Gasteiger partial charge in [0.15, 0.2) is 0 Å². The average Bonchev–Trinajstić information content (AvgIpc) is 3.24. The fraction of sp³-hybridized carbons (Fsp3) is 0.577. The smallest absolute Gasteiger partial charge is 0.407 e. The van der Waals surface area contributed by atoms with Crippen LogP contribution in [0.3, 0.4) is 0 Å². The van der Waals surface area contributed by atoms with Crippen LogP contribution in [0.1, 0.15) is 57.1 Å². The number of nitrogens with one attached hydrogen (secondary N) is 1. The minimum atomic E-state index is -2.49.